The van der Waals surface area contributed by atoms with E-state index in [4.69, 9.17) is 5.73 Å². The third-order valence-corrected chi connectivity index (χ3v) is 7.20. The highest BCUT2D eigenvalue weighted by molar-refractivity contribution is 8.00. The summed E-state index contributed by atoms with van der Waals surface area (Å²) in [5.41, 5.74) is 5.42. The molecule has 0 radical (unpaired) electrons. The second kappa shape index (κ2) is 4.71. The van der Waals surface area contributed by atoms with E-state index in [1.807, 2.05) is 13.8 Å². The quantitative estimate of drug-likeness (QED) is 0.861. The summed E-state index contributed by atoms with van der Waals surface area (Å²) in [5.74, 6) is 0.805. The monoisotopic (exact) mass is 294 g/mol. The number of nitrogen functional groups attached to an aromatic ring is 1. The van der Waals surface area contributed by atoms with Crippen LogP contribution >= 0.6 is 23.1 Å². The van der Waals surface area contributed by atoms with Crippen molar-refractivity contribution in [2.45, 2.75) is 29.5 Å². The minimum Gasteiger partial charge on any atom is -0.374 e. The Bertz CT molecular complexity index is 501. The first-order valence-electron chi connectivity index (χ1n) is 5.15. The molecule has 6 nitrogen and oxygen atoms in total. The van der Waals surface area contributed by atoms with Crippen molar-refractivity contribution < 1.29 is 8.42 Å². The lowest BCUT2D eigenvalue weighted by Gasteiger charge is -2.35. The molecule has 2 N–H and O–H groups in total. The van der Waals surface area contributed by atoms with Gasteiger partial charge in [-0.1, -0.05) is 18.3 Å². The van der Waals surface area contributed by atoms with Crippen molar-refractivity contribution >= 4 is 38.3 Å². The summed E-state index contributed by atoms with van der Waals surface area (Å²) in [6, 6.07) is -0.0381. The van der Waals surface area contributed by atoms with Crippen LogP contribution in [0.15, 0.2) is 4.34 Å². The molecule has 2 rings (SSSR count). The second-order valence-electron chi connectivity index (χ2n) is 3.84. The highest BCUT2D eigenvalue weighted by Crippen LogP contribution is 2.30. The Morgan fingerprint density at radius 1 is 1.41 bits per heavy atom. The highest BCUT2D eigenvalue weighted by atomic mass is 32.2. The van der Waals surface area contributed by atoms with Gasteiger partial charge in [0.25, 0.3) is 10.0 Å². The van der Waals surface area contributed by atoms with Gasteiger partial charge >= 0.3 is 0 Å². The maximum Gasteiger partial charge on any atom is 0.272 e. The molecule has 0 amide bonds. The molecule has 1 fully saturated rings. The molecule has 2 heterocycles. The molecule has 17 heavy (non-hydrogen) atoms. The molecular weight excluding hydrogens is 280 g/mol. The highest BCUT2D eigenvalue weighted by Gasteiger charge is 2.36. The first-order valence-corrected chi connectivity index (χ1v) is 8.46. The Labute approximate surface area is 109 Å². The molecule has 0 aliphatic carbocycles. The summed E-state index contributed by atoms with van der Waals surface area (Å²) in [5, 5.41) is 7.64. The Balaban J connectivity index is 2.32. The lowest BCUT2D eigenvalue weighted by atomic mass is 10.2. The average Bonchev–Trinajstić information content (AvgIpc) is 2.69. The van der Waals surface area contributed by atoms with Gasteiger partial charge in [-0.15, -0.1) is 10.2 Å². The van der Waals surface area contributed by atoms with Crippen LogP contribution in [0.5, 0.6) is 0 Å². The Hall–Kier alpha value is -0.380. The van der Waals surface area contributed by atoms with E-state index in [1.165, 1.54) is 4.31 Å². The molecule has 96 valence electrons. The number of anilines is 1. The van der Waals surface area contributed by atoms with Crippen molar-refractivity contribution in [1.82, 2.24) is 14.5 Å². The van der Waals surface area contributed by atoms with Crippen molar-refractivity contribution in [3.63, 3.8) is 0 Å². The number of rotatable bonds is 2. The molecule has 2 unspecified atom stereocenters. The number of nitrogens with two attached hydrogens (primary N) is 1. The summed E-state index contributed by atoms with van der Waals surface area (Å²) in [4.78, 5) is 0. The van der Waals surface area contributed by atoms with E-state index in [9.17, 15) is 8.42 Å². The first kappa shape index (κ1) is 13.1. The number of hydrogen-bond acceptors (Lipinski definition) is 7. The zero-order valence-electron chi connectivity index (χ0n) is 9.53. The predicted octanol–water partition coefficient (Wildman–Crippen LogP) is 0.635. The van der Waals surface area contributed by atoms with E-state index in [-0.39, 0.29) is 20.8 Å². The first-order chi connectivity index (χ1) is 7.93. The Kier molecular flexibility index (Phi) is 3.62. The second-order valence-corrected chi connectivity index (χ2v) is 8.40. The number of aromatic nitrogens is 2. The van der Waals surface area contributed by atoms with E-state index in [2.05, 4.69) is 10.2 Å². The zero-order chi connectivity index (χ0) is 12.6. The van der Waals surface area contributed by atoms with Crippen LogP contribution in [0.3, 0.4) is 0 Å². The molecule has 1 aromatic heterocycles. The number of hydrogen-bond donors (Lipinski definition) is 1. The van der Waals surface area contributed by atoms with Gasteiger partial charge in [0, 0.05) is 23.6 Å². The van der Waals surface area contributed by atoms with Gasteiger partial charge in [0.15, 0.2) is 0 Å². The van der Waals surface area contributed by atoms with Crippen molar-refractivity contribution in [3.8, 4) is 0 Å². The zero-order valence-corrected chi connectivity index (χ0v) is 12.0. The average molecular weight is 294 g/mol. The van der Waals surface area contributed by atoms with E-state index in [1.54, 1.807) is 11.8 Å². The van der Waals surface area contributed by atoms with E-state index >= 15 is 0 Å². The van der Waals surface area contributed by atoms with Crippen molar-refractivity contribution in [2.24, 2.45) is 0 Å². The minimum atomic E-state index is -3.54. The topological polar surface area (TPSA) is 89.2 Å². The molecule has 2 atom stereocenters. The van der Waals surface area contributed by atoms with Gasteiger partial charge in [-0.05, 0) is 6.92 Å². The van der Waals surface area contributed by atoms with E-state index < -0.39 is 10.0 Å². The molecule has 9 heteroatoms. The van der Waals surface area contributed by atoms with Gasteiger partial charge in [-0.3, -0.25) is 0 Å². The third kappa shape index (κ3) is 2.42. The van der Waals surface area contributed by atoms with Crippen LogP contribution in [0.1, 0.15) is 13.8 Å². The number of nitrogens with zero attached hydrogens (tertiary/aromatic N) is 3. The lowest BCUT2D eigenvalue weighted by Crippen LogP contribution is -2.47. The van der Waals surface area contributed by atoms with Crippen LogP contribution in [0, 0.1) is 0 Å². The van der Waals surface area contributed by atoms with Gasteiger partial charge < -0.3 is 5.73 Å². The fourth-order valence-corrected chi connectivity index (χ4v) is 5.56. The van der Waals surface area contributed by atoms with Crippen LogP contribution in [-0.2, 0) is 10.0 Å². The third-order valence-electron chi connectivity index (χ3n) is 2.78. The molecule has 1 saturated heterocycles. The smallest absolute Gasteiger partial charge is 0.272 e. The SMILES string of the molecule is CC1SCCN(S(=O)(=O)c2nnc(N)s2)C1C. The van der Waals surface area contributed by atoms with Crippen LogP contribution in [0.25, 0.3) is 0 Å². The van der Waals surface area contributed by atoms with Crippen LogP contribution < -0.4 is 5.73 Å². The molecular formula is C8H14N4O2S3. The Morgan fingerprint density at radius 2 is 2.12 bits per heavy atom. The van der Waals surface area contributed by atoms with Crippen molar-refractivity contribution in [2.75, 3.05) is 18.0 Å². The van der Waals surface area contributed by atoms with Gasteiger partial charge in [0.1, 0.15) is 0 Å². The lowest BCUT2D eigenvalue weighted by molar-refractivity contribution is 0.340. The summed E-state index contributed by atoms with van der Waals surface area (Å²) in [7, 11) is -3.54. The fraction of sp³-hybridized carbons (Fsp3) is 0.750. The summed E-state index contributed by atoms with van der Waals surface area (Å²) < 4.78 is 26.1. The van der Waals surface area contributed by atoms with Gasteiger partial charge in [0.05, 0.1) is 0 Å². The van der Waals surface area contributed by atoms with Crippen LogP contribution in [0.2, 0.25) is 0 Å². The van der Waals surface area contributed by atoms with Crippen molar-refractivity contribution in [3.05, 3.63) is 0 Å². The van der Waals surface area contributed by atoms with Crippen LogP contribution in [-0.4, -0.2) is 46.5 Å². The molecule has 1 aliphatic rings. The summed E-state index contributed by atoms with van der Waals surface area (Å²) in [6.07, 6.45) is 0. The molecule has 0 aromatic carbocycles. The van der Waals surface area contributed by atoms with Gasteiger partial charge in [0.2, 0.25) is 9.47 Å². The van der Waals surface area contributed by atoms with Gasteiger partial charge in [-0.2, -0.15) is 16.1 Å². The number of sulfonamides is 1. The molecule has 0 bridgehead atoms. The Morgan fingerprint density at radius 3 is 2.71 bits per heavy atom. The normalized spacial score (nSPS) is 27.2. The van der Waals surface area contributed by atoms with Crippen molar-refractivity contribution in [1.29, 1.82) is 0 Å². The van der Waals surface area contributed by atoms with Crippen LogP contribution in [0.4, 0.5) is 5.13 Å². The summed E-state index contributed by atoms with van der Waals surface area (Å²) in [6.45, 7) is 4.46. The molecule has 0 saturated carbocycles. The van der Waals surface area contributed by atoms with Gasteiger partial charge in [-0.25, -0.2) is 8.42 Å². The molecule has 1 aliphatic heterocycles. The minimum absolute atomic E-state index is 0.0130. The van der Waals surface area contributed by atoms with E-state index in [0.29, 0.717) is 6.54 Å². The predicted molar refractivity (Wildman–Crippen MR) is 69.6 cm³/mol. The molecule has 1 aromatic rings. The van der Waals surface area contributed by atoms with E-state index in [0.717, 1.165) is 17.1 Å². The standard InChI is InChI=1S/C8H14N4O2S3/c1-5-6(2)15-4-3-12(5)17(13,14)8-11-10-7(9)16-8/h5-6H,3-4H2,1-2H3,(H2,9,10). The largest absolute Gasteiger partial charge is 0.374 e. The maximum absolute atomic E-state index is 12.3. The summed E-state index contributed by atoms with van der Waals surface area (Å²) >= 11 is 2.69. The molecule has 0 spiro atoms. The maximum atomic E-state index is 12.3. The fourth-order valence-electron chi connectivity index (χ4n) is 1.67. The number of thioether (sulfide) groups is 1.